The van der Waals surface area contributed by atoms with E-state index in [0.717, 1.165) is 11.1 Å². The van der Waals surface area contributed by atoms with Crippen LogP contribution in [-0.4, -0.2) is 42.0 Å². The number of amides is 2. The number of methoxy groups -OCH3 is 1. The second-order valence-electron chi connectivity index (χ2n) is 8.39. The van der Waals surface area contributed by atoms with Crippen LogP contribution in [0, 0.1) is 6.92 Å². The van der Waals surface area contributed by atoms with Crippen molar-refractivity contribution in [1.82, 2.24) is 10.2 Å². The first-order chi connectivity index (χ1) is 14.1. The van der Waals surface area contributed by atoms with Gasteiger partial charge in [0.2, 0.25) is 5.91 Å². The molecule has 0 saturated carbocycles. The monoisotopic (exact) mass is 412 g/mol. The van der Waals surface area contributed by atoms with E-state index in [1.165, 1.54) is 0 Å². The number of benzene rings is 2. The highest BCUT2D eigenvalue weighted by Gasteiger charge is 2.28. The lowest BCUT2D eigenvalue weighted by Gasteiger charge is -2.31. The number of nitrogens with one attached hydrogen (secondary N) is 1. The fraction of sp³-hybridized carbons (Fsp3) is 0.417. The van der Waals surface area contributed by atoms with E-state index in [4.69, 9.17) is 9.47 Å². The van der Waals surface area contributed by atoms with Crippen LogP contribution in [0.1, 0.15) is 38.8 Å². The first kappa shape index (κ1) is 23.3. The van der Waals surface area contributed by atoms with Crippen molar-refractivity contribution in [2.24, 2.45) is 0 Å². The van der Waals surface area contributed by atoms with Gasteiger partial charge in [-0.3, -0.25) is 9.59 Å². The largest absolute Gasteiger partial charge is 0.497 e. The van der Waals surface area contributed by atoms with Crippen LogP contribution in [0.15, 0.2) is 48.5 Å². The lowest BCUT2D eigenvalue weighted by Crippen LogP contribution is -2.53. The second-order valence-corrected chi connectivity index (χ2v) is 8.39. The van der Waals surface area contributed by atoms with Gasteiger partial charge >= 0.3 is 0 Å². The Morgan fingerprint density at radius 3 is 2.27 bits per heavy atom. The van der Waals surface area contributed by atoms with Gasteiger partial charge in [0.15, 0.2) is 6.61 Å². The quantitative estimate of drug-likeness (QED) is 0.718. The number of nitrogens with zero attached hydrogens (tertiary/aromatic N) is 1. The number of ether oxygens (including phenoxy) is 2. The summed E-state index contributed by atoms with van der Waals surface area (Å²) >= 11 is 0. The van der Waals surface area contributed by atoms with Crippen molar-refractivity contribution in [3.05, 3.63) is 59.7 Å². The highest BCUT2D eigenvalue weighted by Crippen LogP contribution is 2.18. The summed E-state index contributed by atoms with van der Waals surface area (Å²) in [5.74, 6) is 0.811. The topological polar surface area (TPSA) is 67.9 Å². The van der Waals surface area contributed by atoms with Crippen molar-refractivity contribution in [3.8, 4) is 11.5 Å². The molecule has 1 atom stereocenters. The molecule has 0 fully saturated rings. The summed E-state index contributed by atoms with van der Waals surface area (Å²) in [5, 5.41) is 2.95. The van der Waals surface area contributed by atoms with Crippen LogP contribution in [0.2, 0.25) is 0 Å². The molecule has 1 unspecified atom stereocenters. The Bertz CT molecular complexity index is 856. The third-order valence-corrected chi connectivity index (χ3v) is 4.52. The minimum absolute atomic E-state index is 0.161. The molecule has 2 aromatic rings. The van der Waals surface area contributed by atoms with E-state index in [0.29, 0.717) is 18.0 Å². The molecule has 0 radical (unpaired) electrons. The molecule has 0 bridgehead atoms. The predicted octanol–water partition coefficient (Wildman–Crippen LogP) is 3.71. The van der Waals surface area contributed by atoms with Crippen LogP contribution in [0.4, 0.5) is 0 Å². The lowest BCUT2D eigenvalue weighted by atomic mass is 10.1. The van der Waals surface area contributed by atoms with E-state index in [-0.39, 0.29) is 24.0 Å². The molecule has 6 heteroatoms. The van der Waals surface area contributed by atoms with E-state index in [1.54, 1.807) is 43.2 Å². The Morgan fingerprint density at radius 2 is 1.70 bits per heavy atom. The molecule has 6 nitrogen and oxygen atoms in total. The Labute approximate surface area is 179 Å². The molecule has 1 N–H and O–H groups in total. The normalized spacial score (nSPS) is 12.1. The van der Waals surface area contributed by atoms with Gasteiger partial charge in [0.1, 0.15) is 17.5 Å². The van der Waals surface area contributed by atoms with Gasteiger partial charge in [-0.1, -0.05) is 29.8 Å². The van der Waals surface area contributed by atoms with Crippen molar-refractivity contribution in [1.29, 1.82) is 0 Å². The summed E-state index contributed by atoms with van der Waals surface area (Å²) < 4.78 is 10.8. The van der Waals surface area contributed by atoms with Crippen molar-refractivity contribution in [3.63, 3.8) is 0 Å². The summed E-state index contributed by atoms with van der Waals surface area (Å²) in [6.45, 7) is 9.64. The summed E-state index contributed by atoms with van der Waals surface area (Å²) in [5.41, 5.74) is 1.67. The zero-order chi connectivity index (χ0) is 22.3. The third-order valence-electron chi connectivity index (χ3n) is 4.52. The van der Waals surface area contributed by atoms with Gasteiger partial charge in [-0.2, -0.15) is 0 Å². The minimum Gasteiger partial charge on any atom is -0.497 e. The second kappa shape index (κ2) is 10.1. The van der Waals surface area contributed by atoms with Crippen molar-refractivity contribution in [2.75, 3.05) is 13.7 Å². The summed E-state index contributed by atoms with van der Waals surface area (Å²) in [7, 11) is 1.59. The molecule has 162 valence electrons. The van der Waals surface area contributed by atoms with E-state index >= 15 is 0 Å². The highest BCUT2D eigenvalue weighted by molar-refractivity contribution is 5.88. The van der Waals surface area contributed by atoms with Gasteiger partial charge in [-0.05, 0) is 64.4 Å². The average molecular weight is 413 g/mol. The number of rotatable bonds is 8. The van der Waals surface area contributed by atoms with E-state index in [1.807, 2.05) is 52.0 Å². The molecule has 0 heterocycles. The van der Waals surface area contributed by atoms with Gasteiger partial charge in [-0.15, -0.1) is 0 Å². The van der Waals surface area contributed by atoms with Crippen LogP contribution in [0.3, 0.4) is 0 Å². The molecule has 0 spiro atoms. The first-order valence-corrected chi connectivity index (χ1v) is 10.0. The smallest absolute Gasteiger partial charge is 0.261 e. The van der Waals surface area contributed by atoms with E-state index in [9.17, 15) is 9.59 Å². The Morgan fingerprint density at radius 1 is 1.07 bits per heavy atom. The van der Waals surface area contributed by atoms with Crippen molar-refractivity contribution < 1.29 is 19.1 Å². The molecular weight excluding hydrogens is 380 g/mol. The summed E-state index contributed by atoms with van der Waals surface area (Å²) in [4.78, 5) is 27.3. The highest BCUT2D eigenvalue weighted by atomic mass is 16.5. The number of aryl methyl sites for hydroxylation is 1. The Kier molecular flexibility index (Phi) is 7.86. The van der Waals surface area contributed by atoms with Crippen molar-refractivity contribution >= 4 is 11.8 Å². The number of carbonyl (C=O) groups is 2. The zero-order valence-electron chi connectivity index (χ0n) is 18.7. The van der Waals surface area contributed by atoms with Gasteiger partial charge in [0, 0.05) is 12.1 Å². The average Bonchev–Trinajstić information content (AvgIpc) is 2.69. The molecule has 2 aromatic carbocycles. The number of hydrogen-bond donors (Lipinski definition) is 1. The Hall–Kier alpha value is -3.02. The number of hydrogen-bond acceptors (Lipinski definition) is 4. The van der Waals surface area contributed by atoms with Crippen LogP contribution < -0.4 is 14.8 Å². The molecule has 0 aliphatic rings. The molecule has 30 heavy (non-hydrogen) atoms. The molecule has 2 rings (SSSR count). The maximum atomic E-state index is 13.0. The van der Waals surface area contributed by atoms with Crippen molar-refractivity contribution in [2.45, 2.75) is 52.7 Å². The number of carbonyl (C=O) groups excluding carboxylic acids is 2. The van der Waals surface area contributed by atoms with Gasteiger partial charge in [0.05, 0.1) is 7.11 Å². The van der Waals surface area contributed by atoms with Crippen LogP contribution in [0.25, 0.3) is 0 Å². The Balaban J connectivity index is 2.15. The third kappa shape index (κ3) is 7.10. The fourth-order valence-electron chi connectivity index (χ4n) is 2.96. The summed E-state index contributed by atoms with van der Waals surface area (Å²) in [6.07, 6.45) is 0. The maximum Gasteiger partial charge on any atom is 0.261 e. The van der Waals surface area contributed by atoms with Crippen LogP contribution in [-0.2, 0) is 16.1 Å². The molecule has 0 aliphatic heterocycles. The zero-order valence-corrected chi connectivity index (χ0v) is 18.7. The van der Waals surface area contributed by atoms with E-state index < -0.39 is 6.04 Å². The molecule has 0 aromatic heterocycles. The van der Waals surface area contributed by atoms with Gasteiger partial charge in [0.25, 0.3) is 5.91 Å². The van der Waals surface area contributed by atoms with Crippen LogP contribution in [0.5, 0.6) is 11.5 Å². The van der Waals surface area contributed by atoms with Crippen LogP contribution >= 0.6 is 0 Å². The maximum absolute atomic E-state index is 13.0. The fourth-order valence-corrected chi connectivity index (χ4v) is 2.96. The molecule has 2 amide bonds. The predicted molar refractivity (Wildman–Crippen MR) is 118 cm³/mol. The summed E-state index contributed by atoms with van der Waals surface area (Å²) in [6, 6.07) is 14.3. The molecular formula is C24H32N2O4. The minimum atomic E-state index is -0.642. The molecule has 0 aliphatic carbocycles. The first-order valence-electron chi connectivity index (χ1n) is 10.0. The van der Waals surface area contributed by atoms with E-state index in [2.05, 4.69) is 5.32 Å². The van der Waals surface area contributed by atoms with Gasteiger partial charge in [-0.25, -0.2) is 0 Å². The van der Waals surface area contributed by atoms with Gasteiger partial charge < -0.3 is 19.7 Å². The lowest BCUT2D eigenvalue weighted by molar-refractivity contribution is -0.142. The molecule has 0 saturated heterocycles. The SMILES string of the molecule is COc1ccc(OCC(=O)N(Cc2cccc(C)c2)C(C)C(=O)NC(C)(C)C)cc1. The standard InChI is InChI=1S/C24H32N2O4/c1-17-8-7-9-19(14-17)15-26(18(2)23(28)25-24(3,4)5)22(27)16-30-21-12-10-20(29-6)11-13-21/h7-14,18H,15-16H2,1-6H3,(H,25,28).